The molecule has 0 saturated carbocycles. The van der Waals surface area contributed by atoms with Crippen molar-refractivity contribution in [1.82, 2.24) is 5.32 Å². The van der Waals surface area contributed by atoms with Gasteiger partial charge in [0.1, 0.15) is 5.75 Å². The summed E-state index contributed by atoms with van der Waals surface area (Å²) in [4.78, 5) is 23.3. The summed E-state index contributed by atoms with van der Waals surface area (Å²) in [5, 5.41) is 6.59. The van der Waals surface area contributed by atoms with Crippen LogP contribution in [0.1, 0.15) is 44.9 Å². The van der Waals surface area contributed by atoms with Gasteiger partial charge >= 0.3 is 5.97 Å². The Bertz CT molecular complexity index is 611. The maximum Gasteiger partial charge on any atom is 0.305 e. The van der Waals surface area contributed by atoms with E-state index in [1.165, 1.54) is 20.0 Å². The minimum atomic E-state index is -0.228. The van der Waals surface area contributed by atoms with Gasteiger partial charge in [0, 0.05) is 30.6 Å². The fourth-order valence-electron chi connectivity index (χ4n) is 3.96. The number of carbonyl (C=O) groups excluding carboxylic acids is 2. The largest absolute Gasteiger partial charge is 0.494 e. The van der Waals surface area contributed by atoms with Gasteiger partial charge in [-0.2, -0.15) is 0 Å². The highest BCUT2D eigenvalue weighted by molar-refractivity contribution is 5.90. The number of ether oxygens (including phenoxy) is 2. The first-order valence-corrected chi connectivity index (χ1v) is 9.48. The fraction of sp³-hybridized carbons (Fsp3) is 0.600. The molecule has 1 amide bonds. The maximum absolute atomic E-state index is 12.3. The second kappa shape index (κ2) is 10.5. The van der Waals surface area contributed by atoms with Gasteiger partial charge in [0.2, 0.25) is 5.91 Å². The molecule has 1 aromatic carbocycles. The van der Waals surface area contributed by atoms with Crippen molar-refractivity contribution < 1.29 is 19.1 Å². The Morgan fingerprint density at radius 1 is 1.15 bits per heavy atom. The molecule has 6 nitrogen and oxygen atoms in total. The van der Waals surface area contributed by atoms with Crippen LogP contribution < -0.4 is 15.4 Å². The molecule has 0 aromatic heterocycles. The minimum Gasteiger partial charge on any atom is -0.494 e. The molecule has 2 unspecified atom stereocenters. The molecule has 3 rings (SSSR count). The van der Waals surface area contributed by atoms with Crippen LogP contribution in [-0.2, 0) is 14.3 Å². The van der Waals surface area contributed by atoms with E-state index in [0.717, 1.165) is 24.3 Å². The zero-order chi connectivity index (χ0) is 18.4. The molecule has 2 bridgehead atoms. The molecule has 2 atom stereocenters. The lowest BCUT2D eigenvalue weighted by molar-refractivity contribution is -0.140. The predicted octanol–water partition coefficient (Wildman–Crippen LogP) is 3.30. The van der Waals surface area contributed by atoms with Gasteiger partial charge in [-0.05, 0) is 62.3 Å². The third-order valence-corrected chi connectivity index (χ3v) is 5.20. The number of amides is 1. The molecule has 2 aliphatic rings. The molecular formula is C20H29ClN2O4. The fourth-order valence-corrected chi connectivity index (χ4v) is 3.96. The van der Waals surface area contributed by atoms with Gasteiger partial charge in [-0.25, -0.2) is 0 Å². The Hall–Kier alpha value is -1.79. The van der Waals surface area contributed by atoms with E-state index in [9.17, 15) is 9.59 Å². The number of benzene rings is 1. The molecule has 2 aliphatic heterocycles. The Morgan fingerprint density at radius 2 is 1.81 bits per heavy atom. The normalized spacial score (nSPS) is 23.2. The summed E-state index contributed by atoms with van der Waals surface area (Å²) in [5.74, 6) is 1.07. The standard InChI is InChI=1S/C20H28N2O4.ClH/c1-25-20(24)3-2-10-26-18-8-6-15(7-9-18)22-19(23)13-14-11-16-4-5-17(12-14)21-16;/h6-9,14,16-17,21H,2-5,10-13H2,1H3,(H,22,23);1H. The van der Waals surface area contributed by atoms with Gasteiger partial charge in [-0.1, -0.05) is 0 Å². The first-order valence-electron chi connectivity index (χ1n) is 9.48. The monoisotopic (exact) mass is 396 g/mol. The van der Waals surface area contributed by atoms with Gasteiger partial charge in [0.05, 0.1) is 13.7 Å². The van der Waals surface area contributed by atoms with Gasteiger partial charge in [0.15, 0.2) is 0 Å². The lowest BCUT2D eigenvalue weighted by Crippen LogP contribution is -2.39. The van der Waals surface area contributed by atoms with E-state index in [2.05, 4.69) is 15.4 Å². The van der Waals surface area contributed by atoms with Crippen LogP contribution in [0.3, 0.4) is 0 Å². The summed E-state index contributed by atoms with van der Waals surface area (Å²) in [6, 6.07) is 8.58. The van der Waals surface area contributed by atoms with E-state index in [-0.39, 0.29) is 24.3 Å². The number of halogens is 1. The second-order valence-electron chi connectivity index (χ2n) is 7.28. The number of hydrogen-bond acceptors (Lipinski definition) is 5. The summed E-state index contributed by atoms with van der Waals surface area (Å²) in [6.45, 7) is 0.457. The quantitative estimate of drug-likeness (QED) is 0.520. The van der Waals surface area contributed by atoms with Crippen LogP contribution in [0, 0.1) is 5.92 Å². The average Bonchev–Trinajstić information content (AvgIpc) is 2.98. The Labute approximate surface area is 166 Å². The molecule has 7 heteroatoms. The molecule has 0 radical (unpaired) electrons. The van der Waals surface area contributed by atoms with Crippen LogP contribution in [0.25, 0.3) is 0 Å². The number of carbonyl (C=O) groups is 2. The summed E-state index contributed by atoms with van der Waals surface area (Å²) < 4.78 is 10.2. The summed E-state index contributed by atoms with van der Waals surface area (Å²) in [5.41, 5.74) is 0.786. The third kappa shape index (κ3) is 6.70. The van der Waals surface area contributed by atoms with Crippen molar-refractivity contribution in [3.63, 3.8) is 0 Å². The van der Waals surface area contributed by atoms with Gasteiger partial charge in [0.25, 0.3) is 0 Å². The topological polar surface area (TPSA) is 76.7 Å². The summed E-state index contributed by atoms with van der Waals surface area (Å²) in [7, 11) is 1.38. The second-order valence-corrected chi connectivity index (χ2v) is 7.28. The van der Waals surface area contributed by atoms with E-state index in [1.54, 1.807) is 0 Å². The molecule has 150 valence electrons. The number of esters is 1. The van der Waals surface area contributed by atoms with E-state index in [0.29, 0.717) is 43.9 Å². The molecule has 1 aromatic rings. The molecule has 2 heterocycles. The van der Waals surface area contributed by atoms with Crippen LogP contribution >= 0.6 is 12.4 Å². The van der Waals surface area contributed by atoms with Crippen LogP contribution in [0.5, 0.6) is 5.75 Å². The first-order chi connectivity index (χ1) is 12.6. The lowest BCUT2D eigenvalue weighted by Gasteiger charge is -2.28. The van der Waals surface area contributed by atoms with Gasteiger partial charge in [-0.3, -0.25) is 9.59 Å². The van der Waals surface area contributed by atoms with Crippen molar-refractivity contribution in [2.75, 3.05) is 19.0 Å². The third-order valence-electron chi connectivity index (χ3n) is 5.20. The molecule has 0 aliphatic carbocycles. The van der Waals surface area contributed by atoms with Crippen molar-refractivity contribution in [3.8, 4) is 5.75 Å². The van der Waals surface area contributed by atoms with Crippen molar-refractivity contribution in [2.45, 2.75) is 57.0 Å². The number of piperidine rings is 1. The van der Waals surface area contributed by atoms with Crippen molar-refractivity contribution in [2.24, 2.45) is 5.92 Å². The SMILES string of the molecule is COC(=O)CCCOc1ccc(NC(=O)CC2CC3CCC(C2)N3)cc1.Cl. The van der Waals surface area contributed by atoms with Crippen molar-refractivity contribution in [1.29, 1.82) is 0 Å². The predicted molar refractivity (Wildman–Crippen MR) is 106 cm³/mol. The highest BCUT2D eigenvalue weighted by Gasteiger charge is 2.34. The van der Waals surface area contributed by atoms with Gasteiger partial charge in [-0.15, -0.1) is 12.4 Å². The van der Waals surface area contributed by atoms with Crippen LogP contribution in [0.4, 0.5) is 5.69 Å². The Balaban J connectivity index is 0.00000261. The lowest BCUT2D eigenvalue weighted by atomic mass is 9.89. The molecule has 0 spiro atoms. The van der Waals surface area contributed by atoms with Gasteiger partial charge < -0.3 is 20.1 Å². The Kier molecular flexibility index (Phi) is 8.38. The number of anilines is 1. The van der Waals surface area contributed by atoms with E-state index >= 15 is 0 Å². The van der Waals surface area contributed by atoms with Crippen molar-refractivity contribution in [3.05, 3.63) is 24.3 Å². The zero-order valence-corrected chi connectivity index (χ0v) is 16.6. The maximum atomic E-state index is 12.3. The summed E-state index contributed by atoms with van der Waals surface area (Å²) >= 11 is 0. The van der Waals surface area contributed by atoms with E-state index < -0.39 is 0 Å². The van der Waals surface area contributed by atoms with Crippen LogP contribution in [0.15, 0.2) is 24.3 Å². The number of fused-ring (bicyclic) bond motifs is 2. The average molecular weight is 397 g/mol. The van der Waals surface area contributed by atoms with E-state index in [4.69, 9.17) is 4.74 Å². The Morgan fingerprint density at radius 3 is 2.44 bits per heavy atom. The number of methoxy groups -OCH3 is 1. The number of hydrogen-bond donors (Lipinski definition) is 2. The summed E-state index contributed by atoms with van der Waals surface area (Å²) in [6.07, 6.45) is 6.30. The first kappa shape index (κ1) is 21.5. The molecule has 27 heavy (non-hydrogen) atoms. The van der Waals surface area contributed by atoms with Crippen molar-refractivity contribution >= 4 is 30.0 Å². The highest BCUT2D eigenvalue weighted by Crippen LogP contribution is 2.32. The number of nitrogens with one attached hydrogen (secondary N) is 2. The molecule has 2 N–H and O–H groups in total. The highest BCUT2D eigenvalue weighted by atomic mass is 35.5. The van der Waals surface area contributed by atoms with Crippen LogP contribution in [-0.4, -0.2) is 37.7 Å². The molecule has 2 fully saturated rings. The minimum absolute atomic E-state index is 0. The number of rotatable bonds is 8. The smallest absolute Gasteiger partial charge is 0.305 e. The van der Waals surface area contributed by atoms with E-state index in [1.807, 2.05) is 24.3 Å². The van der Waals surface area contributed by atoms with Crippen LogP contribution in [0.2, 0.25) is 0 Å². The molecular weight excluding hydrogens is 368 g/mol. The molecule has 2 saturated heterocycles. The zero-order valence-electron chi connectivity index (χ0n) is 15.7.